The van der Waals surface area contributed by atoms with E-state index in [1.165, 1.54) is 16.7 Å². The van der Waals surface area contributed by atoms with Gasteiger partial charge in [-0.1, -0.05) is 66.2 Å². The lowest BCUT2D eigenvalue weighted by molar-refractivity contribution is 0.0706. The van der Waals surface area contributed by atoms with Crippen molar-refractivity contribution in [3.63, 3.8) is 0 Å². The smallest absolute Gasteiger partial charge is 0.274 e. The van der Waals surface area contributed by atoms with Gasteiger partial charge in [0.15, 0.2) is 0 Å². The average Bonchev–Trinajstić information content (AvgIpc) is 2.73. The molecule has 0 saturated carbocycles. The minimum Gasteiger partial charge on any atom is -0.381 e. The van der Waals surface area contributed by atoms with Crippen molar-refractivity contribution in [2.45, 2.75) is 6.92 Å². The third kappa shape index (κ3) is 5.06. The highest BCUT2D eigenvalue weighted by molar-refractivity contribution is 5.93. The van der Waals surface area contributed by atoms with Crippen molar-refractivity contribution in [1.29, 1.82) is 0 Å². The van der Waals surface area contributed by atoms with Crippen molar-refractivity contribution in [2.24, 2.45) is 0 Å². The van der Waals surface area contributed by atoms with Crippen LogP contribution in [0.3, 0.4) is 0 Å². The minimum atomic E-state index is -0.511. The van der Waals surface area contributed by atoms with Gasteiger partial charge in [0.05, 0.1) is 0 Å². The molecule has 0 heterocycles. The summed E-state index contributed by atoms with van der Waals surface area (Å²) in [5, 5.41) is 12.1. The van der Waals surface area contributed by atoms with E-state index in [4.69, 9.17) is 5.21 Å². The molecule has 3 N–H and O–H groups in total. The minimum absolute atomic E-state index is 0.420. The van der Waals surface area contributed by atoms with Gasteiger partial charge in [-0.3, -0.25) is 10.0 Å². The number of carbonyl (C=O) groups excluding carboxylic acids is 1. The molecule has 0 aliphatic rings. The van der Waals surface area contributed by atoms with Gasteiger partial charge in [-0.05, 0) is 47.9 Å². The van der Waals surface area contributed by atoms with E-state index < -0.39 is 5.91 Å². The number of anilines is 1. The van der Waals surface area contributed by atoms with Crippen LogP contribution in [0, 0.1) is 0 Å². The highest BCUT2D eigenvalue weighted by Gasteiger charge is 2.02. The first-order chi connectivity index (χ1) is 13.2. The van der Waals surface area contributed by atoms with E-state index in [9.17, 15) is 4.79 Å². The highest BCUT2D eigenvalue weighted by atomic mass is 16.5. The van der Waals surface area contributed by atoms with Crippen molar-refractivity contribution < 1.29 is 10.0 Å². The molecule has 4 heteroatoms. The molecule has 3 aromatic carbocycles. The second-order valence-electron chi connectivity index (χ2n) is 6.35. The van der Waals surface area contributed by atoms with Crippen LogP contribution in [0.2, 0.25) is 0 Å². The molecule has 0 atom stereocenters. The fourth-order valence-electron chi connectivity index (χ4n) is 2.78. The van der Waals surface area contributed by atoms with Crippen LogP contribution in [0.5, 0.6) is 0 Å². The van der Waals surface area contributed by atoms with E-state index in [1.54, 1.807) is 17.6 Å². The molecular formula is C23H22N2O2. The monoisotopic (exact) mass is 358 g/mol. The maximum absolute atomic E-state index is 11.3. The van der Waals surface area contributed by atoms with E-state index >= 15 is 0 Å². The summed E-state index contributed by atoms with van der Waals surface area (Å²) in [7, 11) is 0. The third-order valence-electron chi connectivity index (χ3n) is 4.25. The van der Waals surface area contributed by atoms with Gasteiger partial charge in [0.25, 0.3) is 5.91 Å². The van der Waals surface area contributed by atoms with Gasteiger partial charge in [-0.15, -0.1) is 0 Å². The van der Waals surface area contributed by atoms with Crippen LogP contribution in [-0.2, 0) is 0 Å². The second-order valence-corrected chi connectivity index (χ2v) is 6.35. The van der Waals surface area contributed by atoms with Crippen LogP contribution < -0.4 is 10.8 Å². The fourth-order valence-corrected chi connectivity index (χ4v) is 2.78. The molecule has 0 unspecified atom stereocenters. The fraction of sp³-hybridized carbons (Fsp3) is 0.0870. The first-order valence-electron chi connectivity index (χ1n) is 8.77. The molecule has 1 amide bonds. The summed E-state index contributed by atoms with van der Waals surface area (Å²) in [5.41, 5.74) is 7.69. The maximum Gasteiger partial charge on any atom is 0.274 e. The zero-order chi connectivity index (χ0) is 19.1. The normalized spacial score (nSPS) is 11.1. The molecule has 0 aliphatic carbocycles. The molecule has 136 valence electrons. The van der Waals surface area contributed by atoms with Gasteiger partial charge in [0.1, 0.15) is 0 Å². The molecule has 0 fully saturated rings. The molecule has 0 aromatic heterocycles. The Labute approximate surface area is 159 Å². The zero-order valence-electron chi connectivity index (χ0n) is 15.1. The van der Waals surface area contributed by atoms with Crippen LogP contribution in [0.25, 0.3) is 17.2 Å². The van der Waals surface area contributed by atoms with E-state index in [2.05, 4.69) is 54.7 Å². The molecule has 3 rings (SSSR count). The summed E-state index contributed by atoms with van der Waals surface area (Å²) < 4.78 is 0. The number of hydrogen-bond acceptors (Lipinski definition) is 3. The lowest BCUT2D eigenvalue weighted by atomic mass is 10.1. The number of nitrogens with one attached hydrogen (secondary N) is 2. The lowest BCUT2D eigenvalue weighted by Crippen LogP contribution is -2.18. The van der Waals surface area contributed by atoms with Gasteiger partial charge in [0.2, 0.25) is 0 Å². The Kier molecular flexibility index (Phi) is 6.02. The molecule has 4 nitrogen and oxygen atoms in total. The number of amides is 1. The van der Waals surface area contributed by atoms with Crippen molar-refractivity contribution in [1.82, 2.24) is 5.48 Å². The summed E-state index contributed by atoms with van der Waals surface area (Å²) in [6.07, 6.45) is 2.06. The summed E-state index contributed by atoms with van der Waals surface area (Å²) in [6, 6.07) is 25.8. The molecule has 0 bridgehead atoms. The van der Waals surface area contributed by atoms with Gasteiger partial charge in [-0.2, -0.15) is 0 Å². The van der Waals surface area contributed by atoms with Crippen LogP contribution in [0.4, 0.5) is 5.69 Å². The topological polar surface area (TPSA) is 61.4 Å². The summed E-state index contributed by atoms with van der Waals surface area (Å²) in [5.74, 6) is -0.511. The van der Waals surface area contributed by atoms with E-state index in [1.807, 2.05) is 30.3 Å². The average molecular weight is 358 g/mol. The van der Waals surface area contributed by atoms with Crippen molar-refractivity contribution in [3.05, 3.63) is 95.6 Å². The molecule has 27 heavy (non-hydrogen) atoms. The van der Waals surface area contributed by atoms with Crippen LogP contribution in [-0.4, -0.2) is 17.7 Å². The van der Waals surface area contributed by atoms with Crippen LogP contribution in [0.1, 0.15) is 22.8 Å². The Bertz CT molecular complexity index is 915. The Morgan fingerprint density at radius 2 is 1.52 bits per heavy atom. The SMILES string of the molecule is C/C(=C\c1ccc(C(=O)NO)cc1)CNc1ccc(-c2ccccc2)cc1. The first-order valence-corrected chi connectivity index (χ1v) is 8.77. The van der Waals surface area contributed by atoms with Gasteiger partial charge < -0.3 is 5.32 Å². The summed E-state index contributed by atoms with van der Waals surface area (Å²) in [6.45, 7) is 2.78. The second kappa shape index (κ2) is 8.83. The highest BCUT2D eigenvalue weighted by Crippen LogP contribution is 2.21. The van der Waals surface area contributed by atoms with Gasteiger partial charge in [-0.25, -0.2) is 5.48 Å². The van der Waals surface area contributed by atoms with E-state index in [-0.39, 0.29) is 0 Å². The zero-order valence-corrected chi connectivity index (χ0v) is 15.1. The molecule has 0 aliphatic heterocycles. The van der Waals surface area contributed by atoms with Crippen molar-refractivity contribution in [2.75, 3.05) is 11.9 Å². The number of benzene rings is 3. The predicted octanol–water partition coefficient (Wildman–Crippen LogP) is 4.99. The lowest BCUT2D eigenvalue weighted by Gasteiger charge is -2.09. The van der Waals surface area contributed by atoms with Crippen molar-refractivity contribution >= 4 is 17.7 Å². The Hall–Kier alpha value is -3.37. The van der Waals surface area contributed by atoms with E-state index in [0.717, 1.165) is 17.8 Å². The quantitative estimate of drug-likeness (QED) is 0.430. The van der Waals surface area contributed by atoms with Gasteiger partial charge >= 0.3 is 0 Å². The summed E-state index contributed by atoms with van der Waals surface area (Å²) in [4.78, 5) is 11.3. The summed E-state index contributed by atoms with van der Waals surface area (Å²) >= 11 is 0. The van der Waals surface area contributed by atoms with Gasteiger partial charge in [0, 0.05) is 17.8 Å². The largest absolute Gasteiger partial charge is 0.381 e. The predicted molar refractivity (Wildman–Crippen MR) is 110 cm³/mol. The Morgan fingerprint density at radius 3 is 2.15 bits per heavy atom. The Balaban J connectivity index is 1.59. The number of carbonyl (C=O) groups is 1. The number of rotatable bonds is 6. The van der Waals surface area contributed by atoms with Crippen LogP contribution >= 0.6 is 0 Å². The number of hydrogen-bond donors (Lipinski definition) is 3. The molecule has 0 saturated heterocycles. The Morgan fingerprint density at radius 1 is 0.889 bits per heavy atom. The van der Waals surface area contributed by atoms with E-state index in [0.29, 0.717) is 5.56 Å². The van der Waals surface area contributed by atoms with Crippen LogP contribution in [0.15, 0.2) is 84.4 Å². The molecule has 0 radical (unpaired) electrons. The number of hydroxylamine groups is 1. The van der Waals surface area contributed by atoms with Crippen molar-refractivity contribution in [3.8, 4) is 11.1 Å². The molecule has 0 spiro atoms. The molecule has 3 aromatic rings. The third-order valence-corrected chi connectivity index (χ3v) is 4.25. The first kappa shape index (κ1) is 18.4. The maximum atomic E-state index is 11.3. The standard InChI is InChI=1S/C23H22N2O2/c1-17(15-18-7-9-21(10-8-18)23(26)25-27)16-24-22-13-11-20(12-14-22)19-5-3-2-4-6-19/h2-15,24,27H,16H2,1H3,(H,25,26)/b17-15+. The molecular weight excluding hydrogens is 336 g/mol.